The molecule has 2 nitrogen and oxygen atoms in total. The fraction of sp³-hybridized carbons (Fsp3) is 0.250. The van der Waals surface area contributed by atoms with Crippen molar-refractivity contribution in [1.82, 2.24) is 0 Å². The molecule has 0 fully saturated rings. The molecule has 0 aliphatic carbocycles. The molecule has 0 aliphatic rings. The van der Waals surface area contributed by atoms with Gasteiger partial charge in [-0.2, -0.15) is 0 Å². The Hall–Kier alpha value is -1.81. The molecule has 21 heavy (non-hydrogen) atoms. The van der Waals surface area contributed by atoms with Gasteiger partial charge in [0.2, 0.25) is 0 Å². The molecule has 2 rings (SSSR count). The van der Waals surface area contributed by atoms with Crippen molar-refractivity contribution in [3.05, 3.63) is 59.2 Å². The maximum Gasteiger partial charge on any atom is 0.163 e. The predicted molar refractivity (Wildman–Crippen MR) is 78.2 cm³/mol. The summed E-state index contributed by atoms with van der Waals surface area (Å²) in [5.41, 5.74) is 0.989. The standard InChI is InChI=1S/C16H15ClF2O2/c1-20-14-7-6-10(9-15(14)21-2)8-12(17)11-4-3-5-13(18)16(11)19/h3-7,9,12H,8H2,1-2H3. The molecule has 0 radical (unpaired) electrons. The topological polar surface area (TPSA) is 18.5 Å². The van der Waals surface area contributed by atoms with Crippen LogP contribution in [0.1, 0.15) is 16.5 Å². The van der Waals surface area contributed by atoms with Gasteiger partial charge in [0.1, 0.15) is 0 Å². The molecule has 0 saturated carbocycles. The van der Waals surface area contributed by atoms with Crippen molar-refractivity contribution in [3.63, 3.8) is 0 Å². The zero-order chi connectivity index (χ0) is 15.4. The van der Waals surface area contributed by atoms with E-state index in [1.54, 1.807) is 19.2 Å². The fourth-order valence-electron chi connectivity index (χ4n) is 2.09. The van der Waals surface area contributed by atoms with Gasteiger partial charge in [0.25, 0.3) is 0 Å². The average molecular weight is 313 g/mol. The van der Waals surface area contributed by atoms with E-state index in [-0.39, 0.29) is 5.56 Å². The number of hydrogen-bond acceptors (Lipinski definition) is 2. The molecule has 112 valence electrons. The third kappa shape index (κ3) is 3.45. The molecule has 0 bridgehead atoms. The van der Waals surface area contributed by atoms with E-state index in [1.165, 1.54) is 19.2 Å². The molecule has 0 amide bonds. The normalized spacial score (nSPS) is 12.0. The zero-order valence-corrected chi connectivity index (χ0v) is 12.5. The summed E-state index contributed by atoms with van der Waals surface area (Å²) in [5, 5.41) is -0.668. The van der Waals surface area contributed by atoms with Crippen LogP contribution in [0.2, 0.25) is 0 Å². The van der Waals surface area contributed by atoms with Crippen molar-refractivity contribution < 1.29 is 18.3 Å². The largest absolute Gasteiger partial charge is 0.493 e. The minimum atomic E-state index is -0.905. The van der Waals surface area contributed by atoms with E-state index in [4.69, 9.17) is 21.1 Å². The highest BCUT2D eigenvalue weighted by Crippen LogP contribution is 2.32. The summed E-state index contributed by atoms with van der Waals surface area (Å²) < 4.78 is 37.3. The number of rotatable bonds is 5. The number of methoxy groups -OCH3 is 2. The monoisotopic (exact) mass is 312 g/mol. The quantitative estimate of drug-likeness (QED) is 0.757. The Bertz CT molecular complexity index is 632. The maximum atomic E-state index is 13.7. The first-order chi connectivity index (χ1) is 10.1. The summed E-state index contributed by atoms with van der Waals surface area (Å²) in [6, 6.07) is 9.33. The number of hydrogen-bond donors (Lipinski definition) is 0. The predicted octanol–water partition coefficient (Wildman–Crippen LogP) is 4.50. The number of benzene rings is 2. The van der Waals surface area contributed by atoms with Crippen LogP contribution in [0.15, 0.2) is 36.4 Å². The van der Waals surface area contributed by atoms with E-state index in [9.17, 15) is 8.78 Å². The third-order valence-corrected chi connectivity index (χ3v) is 3.57. The summed E-state index contributed by atoms with van der Waals surface area (Å²) in [4.78, 5) is 0. The highest BCUT2D eigenvalue weighted by atomic mass is 35.5. The van der Waals surface area contributed by atoms with Crippen LogP contribution in [-0.4, -0.2) is 14.2 Å². The molecular formula is C16H15ClF2O2. The van der Waals surface area contributed by atoms with Crippen LogP contribution in [-0.2, 0) is 6.42 Å². The van der Waals surface area contributed by atoms with Crippen molar-refractivity contribution in [1.29, 1.82) is 0 Å². The molecular weight excluding hydrogens is 298 g/mol. The number of halogens is 3. The Kier molecular flexibility index (Phi) is 5.02. The first-order valence-electron chi connectivity index (χ1n) is 6.35. The Morgan fingerprint density at radius 1 is 1.05 bits per heavy atom. The van der Waals surface area contributed by atoms with E-state index in [0.717, 1.165) is 11.6 Å². The van der Waals surface area contributed by atoms with Gasteiger partial charge in [0.15, 0.2) is 23.1 Å². The van der Waals surface area contributed by atoms with E-state index < -0.39 is 17.0 Å². The molecule has 0 spiro atoms. The van der Waals surface area contributed by atoms with Crippen LogP contribution in [0, 0.1) is 11.6 Å². The molecule has 0 heterocycles. The van der Waals surface area contributed by atoms with Crippen molar-refractivity contribution in [2.45, 2.75) is 11.8 Å². The van der Waals surface area contributed by atoms with Crippen molar-refractivity contribution in [2.75, 3.05) is 14.2 Å². The first-order valence-corrected chi connectivity index (χ1v) is 6.79. The van der Waals surface area contributed by atoms with Crippen molar-refractivity contribution in [2.24, 2.45) is 0 Å². The highest BCUT2D eigenvalue weighted by molar-refractivity contribution is 6.20. The number of alkyl halides is 1. The van der Waals surface area contributed by atoms with Crippen molar-refractivity contribution >= 4 is 11.6 Å². The summed E-state index contributed by atoms with van der Waals surface area (Å²) in [7, 11) is 3.08. The molecule has 1 atom stereocenters. The smallest absolute Gasteiger partial charge is 0.163 e. The highest BCUT2D eigenvalue weighted by Gasteiger charge is 2.17. The van der Waals surface area contributed by atoms with Gasteiger partial charge in [-0.25, -0.2) is 8.78 Å². The first kappa shape index (κ1) is 15.6. The summed E-state index contributed by atoms with van der Waals surface area (Å²) in [6.45, 7) is 0. The maximum absolute atomic E-state index is 13.7. The van der Waals surface area contributed by atoms with Crippen LogP contribution in [0.4, 0.5) is 8.78 Å². The molecule has 5 heteroatoms. The zero-order valence-electron chi connectivity index (χ0n) is 11.7. The Balaban J connectivity index is 2.23. The lowest BCUT2D eigenvalue weighted by Gasteiger charge is -2.13. The van der Waals surface area contributed by atoms with E-state index in [0.29, 0.717) is 17.9 Å². The SMILES string of the molecule is COc1ccc(CC(Cl)c2cccc(F)c2F)cc1OC. The van der Waals surface area contributed by atoms with E-state index in [1.807, 2.05) is 6.07 Å². The van der Waals surface area contributed by atoms with Crippen LogP contribution in [0.3, 0.4) is 0 Å². The Labute approximate surface area is 127 Å². The molecule has 0 N–H and O–H groups in total. The van der Waals surface area contributed by atoms with E-state index in [2.05, 4.69) is 0 Å². The fourth-order valence-corrected chi connectivity index (χ4v) is 2.43. The van der Waals surface area contributed by atoms with E-state index >= 15 is 0 Å². The second-order valence-electron chi connectivity index (χ2n) is 4.50. The van der Waals surface area contributed by atoms with Gasteiger partial charge in [-0.15, -0.1) is 11.6 Å². The van der Waals surface area contributed by atoms with Gasteiger partial charge in [-0.05, 0) is 30.2 Å². The average Bonchev–Trinajstić information content (AvgIpc) is 2.49. The van der Waals surface area contributed by atoms with Gasteiger partial charge in [0.05, 0.1) is 19.6 Å². The minimum absolute atomic E-state index is 0.145. The Morgan fingerprint density at radius 2 is 1.76 bits per heavy atom. The lowest BCUT2D eigenvalue weighted by Crippen LogP contribution is -2.01. The third-order valence-electron chi connectivity index (χ3n) is 3.18. The minimum Gasteiger partial charge on any atom is -0.493 e. The molecule has 0 saturated heterocycles. The Morgan fingerprint density at radius 3 is 2.43 bits per heavy atom. The van der Waals surface area contributed by atoms with Crippen LogP contribution in [0.5, 0.6) is 11.5 Å². The number of ether oxygens (including phenoxy) is 2. The van der Waals surface area contributed by atoms with Gasteiger partial charge in [0, 0.05) is 5.56 Å². The van der Waals surface area contributed by atoms with Gasteiger partial charge >= 0.3 is 0 Å². The molecule has 0 aliphatic heterocycles. The van der Waals surface area contributed by atoms with Crippen LogP contribution in [0.25, 0.3) is 0 Å². The molecule has 0 aromatic heterocycles. The van der Waals surface area contributed by atoms with Gasteiger partial charge < -0.3 is 9.47 Å². The lowest BCUT2D eigenvalue weighted by atomic mass is 10.0. The second-order valence-corrected chi connectivity index (χ2v) is 5.03. The lowest BCUT2D eigenvalue weighted by molar-refractivity contribution is 0.354. The second kappa shape index (κ2) is 6.76. The van der Waals surface area contributed by atoms with Gasteiger partial charge in [-0.3, -0.25) is 0 Å². The van der Waals surface area contributed by atoms with Crippen molar-refractivity contribution in [3.8, 4) is 11.5 Å². The molecule has 2 aromatic rings. The van der Waals surface area contributed by atoms with Gasteiger partial charge in [-0.1, -0.05) is 18.2 Å². The van der Waals surface area contributed by atoms with Crippen LogP contribution < -0.4 is 9.47 Å². The summed E-state index contributed by atoms with van der Waals surface area (Å²) in [5.74, 6) is -0.633. The summed E-state index contributed by atoms with van der Waals surface area (Å²) >= 11 is 6.21. The van der Waals surface area contributed by atoms with Crippen LogP contribution >= 0.6 is 11.6 Å². The molecule has 2 aromatic carbocycles. The summed E-state index contributed by atoms with van der Waals surface area (Å²) in [6.07, 6.45) is 0.349. The molecule has 1 unspecified atom stereocenters.